The first kappa shape index (κ1) is 15.8. The van der Waals surface area contributed by atoms with Crippen LogP contribution in [0.4, 0.5) is 11.4 Å². The van der Waals surface area contributed by atoms with Gasteiger partial charge in [-0.3, -0.25) is 4.79 Å². The monoisotopic (exact) mass is 290 g/mol. The van der Waals surface area contributed by atoms with Gasteiger partial charge in [-0.15, -0.1) is 0 Å². The van der Waals surface area contributed by atoms with Crippen molar-refractivity contribution in [2.75, 3.05) is 11.1 Å². The Kier molecular flexibility index (Phi) is 5.23. The lowest BCUT2D eigenvalue weighted by Crippen LogP contribution is -2.33. The van der Waals surface area contributed by atoms with Gasteiger partial charge in [0.05, 0.1) is 6.10 Å². The van der Waals surface area contributed by atoms with E-state index in [1.165, 1.54) is 12.8 Å². The summed E-state index contributed by atoms with van der Waals surface area (Å²) in [6, 6.07) is 5.53. The minimum atomic E-state index is -0.441. The lowest BCUT2D eigenvalue weighted by atomic mass is 9.89. The molecule has 0 heterocycles. The van der Waals surface area contributed by atoms with Gasteiger partial charge in [-0.2, -0.15) is 0 Å². The molecule has 4 heteroatoms. The highest BCUT2D eigenvalue weighted by Gasteiger charge is 2.23. The molecular formula is C17H26N2O2. The van der Waals surface area contributed by atoms with Gasteiger partial charge in [-0.05, 0) is 63.1 Å². The van der Waals surface area contributed by atoms with Crippen molar-refractivity contribution in [1.82, 2.24) is 0 Å². The highest BCUT2D eigenvalue weighted by atomic mass is 16.5. The Bertz CT molecular complexity index is 494. The maximum atomic E-state index is 12.2. The van der Waals surface area contributed by atoms with Crippen LogP contribution in [-0.4, -0.2) is 18.1 Å². The Balaban J connectivity index is 1.89. The number of ether oxygens (including phenoxy) is 1. The summed E-state index contributed by atoms with van der Waals surface area (Å²) < 4.78 is 5.90. The topological polar surface area (TPSA) is 64.3 Å². The molecule has 116 valence electrons. The number of carbonyl (C=O) groups is 1. The number of nitrogen functional groups attached to an aromatic ring is 1. The van der Waals surface area contributed by atoms with E-state index < -0.39 is 6.10 Å². The van der Waals surface area contributed by atoms with E-state index >= 15 is 0 Å². The van der Waals surface area contributed by atoms with Gasteiger partial charge >= 0.3 is 0 Å². The van der Waals surface area contributed by atoms with Crippen LogP contribution in [0.25, 0.3) is 0 Å². The molecule has 0 aromatic heterocycles. The molecule has 2 rings (SSSR count). The van der Waals surface area contributed by atoms with Crippen molar-refractivity contribution in [3.05, 3.63) is 23.8 Å². The lowest BCUT2D eigenvalue weighted by Gasteiger charge is -2.28. The molecule has 1 amide bonds. The fourth-order valence-electron chi connectivity index (χ4n) is 2.74. The number of anilines is 2. The summed E-state index contributed by atoms with van der Waals surface area (Å²) in [4.78, 5) is 12.2. The maximum Gasteiger partial charge on any atom is 0.253 e. The van der Waals surface area contributed by atoms with E-state index in [-0.39, 0.29) is 12.0 Å². The Hall–Kier alpha value is -1.55. The molecule has 0 spiro atoms. The highest BCUT2D eigenvalue weighted by molar-refractivity contribution is 5.95. The zero-order valence-electron chi connectivity index (χ0n) is 13.2. The summed E-state index contributed by atoms with van der Waals surface area (Å²) in [6.45, 7) is 5.99. The Morgan fingerprint density at radius 3 is 2.67 bits per heavy atom. The van der Waals surface area contributed by atoms with Gasteiger partial charge < -0.3 is 15.8 Å². The van der Waals surface area contributed by atoms with Crippen LogP contribution in [0.15, 0.2) is 18.2 Å². The fourth-order valence-corrected chi connectivity index (χ4v) is 2.74. The minimum absolute atomic E-state index is 0.109. The summed E-state index contributed by atoms with van der Waals surface area (Å²) in [5.74, 6) is 0.672. The Morgan fingerprint density at radius 2 is 2.00 bits per heavy atom. The zero-order valence-corrected chi connectivity index (χ0v) is 13.2. The van der Waals surface area contributed by atoms with Crippen LogP contribution in [0.1, 0.15) is 45.1 Å². The molecule has 0 bridgehead atoms. The van der Waals surface area contributed by atoms with E-state index in [1.54, 1.807) is 0 Å². The standard InChI is InChI=1S/C17H26N2O2/c1-11-7-9-14(10-8-11)21-13(3)17(20)19-16-6-4-5-15(18)12(16)2/h4-6,11,13-14H,7-10,18H2,1-3H3,(H,19,20). The van der Waals surface area contributed by atoms with Gasteiger partial charge in [0, 0.05) is 11.4 Å². The predicted octanol–water partition coefficient (Wildman–Crippen LogP) is 3.50. The first-order valence-corrected chi connectivity index (χ1v) is 7.78. The molecule has 1 aromatic carbocycles. The van der Waals surface area contributed by atoms with Crippen LogP contribution in [0.3, 0.4) is 0 Å². The quantitative estimate of drug-likeness (QED) is 0.834. The molecule has 1 aromatic rings. The van der Waals surface area contributed by atoms with E-state index in [4.69, 9.17) is 10.5 Å². The van der Waals surface area contributed by atoms with E-state index in [0.29, 0.717) is 5.69 Å². The van der Waals surface area contributed by atoms with Gasteiger partial charge in [-0.1, -0.05) is 13.0 Å². The van der Waals surface area contributed by atoms with Crippen molar-refractivity contribution in [2.45, 2.75) is 58.7 Å². The number of carbonyl (C=O) groups excluding carboxylic acids is 1. The number of nitrogens with two attached hydrogens (primary N) is 1. The number of benzene rings is 1. The second-order valence-corrected chi connectivity index (χ2v) is 6.17. The third-order valence-electron chi connectivity index (χ3n) is 4.36. The summed E-state index contributed by atoms with van der Waals surface area (Å²) >= 11 is 0. The summed E-state index contributed by atoms with van der Waals surface area (Å²) in [5.41, 5.74) is 8.19. The molecule has 1 atom stereocenters. The molecular weight excluding hydrogens is 264 g/mol. The Morgan fingerprint density at radius 1 is 1.33 bits per heavy atom. The van der Waals surface area contributed by atoms with Crippen LogP contribution in [0, 0.1) is 12.8 Å². The van der Waals surface area contributed by atoms with Gasteiger partial charge in [0.2, 0.25) is 0 Å². The van der Waals surface area contributed by atoms with Crippen molar-refractivity contribution in [1.29, 1.82) is 0 Å². The molecule has 3 N–H and O–H groups in total. The predicted molar refractivity (Wildman–Crippen MR) is 86.2 cm³/mol. The van der Waals surface area contributed by atoms with Crippen molar-refractivity contribution < 1.29 is 9.53 Å². The zero-order chi connectivity index (χ0) is 15.4. The number of hydrogen-bond donors (Lipinski definition) is 2. The van der Waals surface area contributed by atoms with Gasteiger partial charge in [0.15, 0.2) is 0 Å². The minimum Gasteiger partial charge on any atom is -0.398 e. The molecule has 0 saturated heterocycles. The number of nitrogens with one attached hydrogen (secondary N) is 1. The van der Waals surface area contributed by atoms with Gasteiger partial charge in [0.1, 0.15) is 6.10 Å². The third kappa shape index (κ3) is 4.21. The second kappa shape index (κ2) is 6.94. The van der Waals surface area contributed by atoms with Crippen molar-refractivity contribution in [2.24, 2.45) is 5.92 Å². The summed E-state index contributed by atoms with van der Waals surface area (Å²) in [6.07, 6.45) is 4.25. The van der Waals surface area contributed by atoms with Gasteiger partial charge in [-0.25, -0.2) is 0 Å². The first-order chi connectivity index (χ1) is 9.97. The molecule has 1 unspecified atom stereocenters. The largest absolute Gasteiger partial charge is 0.398 e. The fraction of sp³-hybridized carbons (Fsp3) is 0.588. The molecule has 0 radical (unpaired) electrons. The van der Waals surface area contributed by atoms with E-state index in [9.17, 15) is 4.79 Å². The van der Waals surface area contributed by atoms with E-state index in [2.05, 4.69) is 12.2 Å². The molecule has 1 aliphatic rings. The number of amides is 1. The van der Waals surface area contributed by atoms with Crippen LogP contribution >= 0.6 is 0 Å². The van der Waals surface area contributed by atoms with Crippen LogP contribution in [0.5, 0.6) is 0 Å². The molecule has 21 heavy (non-hydrogen) atoms. The van der Waals surface area contributed by atoms with Crippen molar-refractivity contribution >= 4 is 17.3 Å². The van der Waals surface area contributed by atoms with Crippen LogP contribution in [0.2, 0.25) is 0 Å². The molecule has 4 nitrogen and oxygen atoms in total. The third-order valence-corrected chi connectivity index (χ3v) is 4.36. The highest BCUT2D eigenvalue weighted by Crippen LogP contribution is 2.27. The Labute approximate surface area is 127 Å². The average Bonchev–Trinajstić information content (AvgIpc) is 2.46. The SMILES string of the molecule is Cc1c(N)cccc1NC(=O)C(C)OC1CCC(C)CC1. The lowest BCUT2D eigenvalue weighted by molar-refractivity contribution is -0.131. The van der Waals surface area contributed by atoms with Crippen molar-refractivity contribution in [3.8, 4) is 0 Å². The first-order valence-electron chi connectivity index (χ1n) is 7.78. The normalized spacial score (nSPS) is 23.6. The molecule has 1 aliphatic carbocycles. The summed E-state index contributed by atoms with van der Waals surface area (Å²) in [5, 5.41) is 2.91. The van der Waals surface area contributed by atoms with Gasteiger partial charge in [0.25, 0.3) is 5.91 Å². The van der Waals surface area contributed by atoms with E-state index in [0.717, 1.165) is 30.0 Å². The number of hydrogen-bond acceptors (Lipinski definition) is 3. The average molecular weight is 290 g/mol. The van der Waals surface area contributed by atoms with Crippen molar-refractivity contribution in [3.63, 3.8) is 0 Å². The maximum absolute atomic E-state index is 12.2. The molecule has 1 saturated carbocycles. The number of rotatable bonds is 4. The smallest absolute Gasteiger partial charge is 0.253 e. The van der Waals surface area contributed by atoms with E-state index in [1.807, 2.05) is 32.0 Å². The second-order valence-electron chi connectivity index (χ2n) is 6.17. The summed E-state index contributed by atoms with van der Waals surface area (Å²) in [7, 11) is 0. The molecule has 0 aliphatic heterocycles. The van der Waals surface area contributed by atoms with Crippen LogP contribution in [-0.2, 0) is 9.53 Å². The molecule has 1 fully saturated rings. The van der Waals surface area contributed by atoms with Crippen LogP contribution < -0.4 is 11.1 Å².